The summed E-state index contributed by atoms with van der Waals surface area (Å²) < 4.78 is 0. The highest BCUT2D eigenvalue weighted by Crippen LogP contribution is 2.25. The van der Waals surface area contributed by atoms with Crippen LogP contribution in [0.3, 0.4) is 0 Å². The Morgan fingerprint density at radius 3 is 2.11 bits per heavy atom. The molecule has 0 saturated carbocycles. The molecule has 2 atom stereocenters. The van der Waals surface area contributed by atoms with E-state index in [0.29, 0.717) is 50.2 Å². The predicted molar refractivity (Wildman–Crippen MR) is 147 cm³/mol. The van der Waals surface area contributed by atoms with Crippen molar-refractivity contribution in [2.75, 3.05) is 39.3 Å². The molecule has 7 heteroatoms. The Labute approximate surface area is 220 Å². The number of hydrogen-bond donors (Lipinski definition) is 1. The van der Waals surface area contributed by atoms with Crippen molar-refractivity contribution in [3.8, 4) is 0 Å². The lowest BCUT2D eigenvalue weighted by molar-refractivity contribution is -0.150. The number of piperidine rings is 1. The second-order valence-electron chi connectivity index (χ2n) is 11.9. The maximum atomic E-state index is 13.7. The Bertz CT molecular complexity index is 680. The second kappa shape index (κ2) is 15.6. The number of hydrogen-bond acceptors (Lipinski definition) is 4. The van der Waals surface area contributed by atoms with E-state index in [0.717, 1.165) is 64.6 Å². The van der Waals surface area contributed by atoms with Crippen LogP contribution in [0.25, 0.3) is 0 Å². The normalized spacial score (nSPS) is 20.3. The van der Waals surface area contributed by atoms with Gasteiger partial charge in [-0.05, 0) is 56.3 Å². The van der Waals surface area contributed by atoms with Gasteiger partial charge in [-0.1, -0.05) is 54.4 Å². The summed E-state index contributed by atoms with van der Waals surface area (Å²) >= 11 is 0. The fourth-order valence-electron chi connectivity index (χ4n) is 5.53. The highest BCUT2D eigenvalue weighted by atomic mass is 16.2. The monoisotopic (exact) mass is 506 g/mol. The topological polar surface area (TPSA) is 73.0 Å². The maximum absolute atomic E-state index is 13.7. The first-order chi connectivity index (χ1) is 17.2. The zero-order chi connectivity index (χ0) is 26.7. The Hall–Kier alpha value is -1.63. The molecule has 3 amide bonds. The van der Waals surface area contributed by atoms with E-state index in [4.69, 9.17) is 0 Å². The smallest absolute Gasteiger partial charge is 0.245 e. The first-order valence-electron chi connectivity index (χ1n) is 14.8. The third-order valence-corrected chi connectivity index (χ3v) is 7.69. The van der Waals surface area contributed by atoms with Gasteiger partial charge in [-0.2, -0.15) is 0 Å². The third kappa shape index (κ3) is 9.35. The van der Waals surface area contributed by atoms with E-state index in [1.165, 1.54) is 0 Å². The van der Waals surface area contributed by atoms with E-state index < -0.39 is 0 Å². The minimum atomic E-state index is -0.383. The van der Waals surface area contributed by atoms with Crippen LogP contribution >= 0.6 is 0 Å². The van der Waals surface area contributed by atoms with Gasteiger partial charge in [0.1, 0.15) is 6.04 Å². The van der Waals surface area contributed by atoms with Crippen molar-refractivity contribution >= 4 is 17.7 Å². The van der Waals surface area contributed by atoms with E-state index in [1.54, 1.807) is 0 Å². The van der Waals surface area contributed by atoms with Crippen LogP contribution in [0.1, 0.15) is 99.3 Å². The minimum absolute atomic E-state index is 0.0775. The van der Waals surface area contributed by atoms with Crippen molar-refractivity contribution in [3.05, 3.63) is 0 Å². The highest BCUT2D eigenvalue weighted by Gasteiger charge is 2.39. The van der Waals surface area contributed by atoms with Gasteiger partial charge in [-0.3, -0.25) is 14.4 Å². The first kappa shape index (κ1) is 30.6. The number of carbonyl (C=O) groups is 3. The van der Waals surface area contributed by atoms with Crippen LogP contribution in [-0.4, -0.2) is 83.8 Å². The lowest BCUT2D eigenvalue weighted by Gasteiger charge is -2.42. The molecule has 2 rings (SSSR count). The average Bonchev–Trinajstić information content (AvgIpc) is 2.83. The summed E-state index contributed by atoms with van der Waals surface area (Å²) in [5, 5.41) is 3.36. The van der Waals surface area contributed by atoms with Crippen molar-refractivity contribution in [3.63, 3.8) is 0 Å². The SMILES string of the molecule is CCCCN(CCCC)C(=O)CC1CCN(C(=O)C(CC(C)C)N2CCN[C@@H](CC(C)C)C2=O)CC1. The standard InChI is InChI=1S/C29H54N4O3/c1-7-9-14-31(15-10-8-2)27(34)21-24-11-16-32(17-12-24)29(36)26(20-23(5)6)33-18-13-30-25(28(33)35)19-22(3)4/h22-26,30H,7-21H2,1-6H3/t25-,26?/m0/s1. The Kier molecular flexibility index (Phi) is 13.2. The molecule has 2 aliphatic rings. The molecule has 0 aromatic carbocycles. The van der Waals surface area contributed by atoms with E-state index in [2.05, 4.69) is 51.8 Å². The highest BCUT2D eigenvalue weighted by molar-refractivity contribution is 5.90. The summed E-state index contributed by atoms with van der Waals surface area (Å²) in [5.41, 5.74) is 0. The molecular formula is C29H54N4O3. The molecule has 2 aliphatic heterocycles. The van der Waals surface area contributed by atoms with Crippen LogP contribution in [0.2, 0.25) is 0 Å². The lowest BCUT2D eigenvalue weighted by atomic mass is 9.91. The van der Waals surface area contributed by atoms with Gasteiger partial charge >= 0.3 is 0 Å². The minimum Gasteiger partial charge on any atom is -0.343 e. The van der Waals surface area contributed by atoms with Crippen LogP contribution in [0.15, 0.2) is 0 Å². The van der Waals surface area contributed by atoms with Gasteiger partial charge in [0.05, 0.1) is 6.04 Å². The zero-order valence-electron chi connectivity index (χ0n) is 24.1. The Balaban J connectivity index is 1.97. The zero-order valence-corrected chi connectivity index (χ0v) is 24.1. The van der Waals surface area contributed by atoms with E-state index in [9.17, 15) is 14.4 Å². The number of rotatable bonds is 14. The van der Waals surface area contributed by atoms with Crippen molar-refractivity contribution in [1.82, 2.24) is 20.0 Å². The van der Waals surface area contributed by atoms with Crippen molar-refractivity contribution < 1.29 is 14.4 Å². The number of amides is 3. The molecule has 0 aliphatic carbocycles. The van der Waals surface area contributed by atoms with Gasteiger partial charge in [0, 0.05) is 45.7 Å². The first-order valence-corrected chi connectivity index (χ1v) is 14.8. The average molecular weight is 507 g/mol. The molecule has 1 unspecified atom stereocenters. The molecular weight excluding hydrogens is 452 g/mol. The molecule has 0 aromatic rings. The fraction of sp³-hybridized carbons (Fsp3) is 0.897. The van der Waals surface area contributed by atoms with Crippen LogP contribution in [-0.2, 0) is 14.4 Å². The summed E-state index contributed by atoms with van der Waals surface area (Å²) in [6.07, 6.45) is 8.14. The number of nitrogens with one attached hydrogen (secondary N) is 1. The van der Waals surface area contributed by atoms with Crippen LogP contribution in [0, 0.1) is 17.8 Å². The summed E-state index contributed by atoms with van der Waals surface area (Å²) in [6, 6.07) is -0.577. The van der Waals surface area contributed by atoms with Crippen LogP contribution < -0.4 is 5.32 Å². The number of carbonyl (C=O) groups excluding carboxylic acids is 3. The van der Waals surface area contributed by atoms with Gasteiger partial charge in [0.15, 0.2) is 0 Å². The molecule has 36 heavy (non-hydrogen) atoms. The number of nitrogens with zero attached hydrogens (tertiary/aromatic N) is 3. The maximum Gasteiger partial charge on any atom is 0.245 e. The molecule has 208 valence electrons. The number of piperazine rings is 1. The van der Waals surface area contributed by atoms with Gasteiger partial charge in [-0.25, -0.2) is 0 Å². The Morgan fingerprint density at radius 2 is 1.58 bits per heavy atom. The predicted octanol–water partition coefficient (Wildman–Crippen LogP) is 4.31. The van der Waals surface area contributed by atoms with Gasteiger partial charge in [0.25, 0.3) is 0 Å². The molecule has 0 aromatic heterocycles. The number of likely N-dealkylation sites (tertiary alicyclic amines) is 1. The van der Waals surface area contributed by atoms with Crippen molar-refractivity contribution in [2.24, 2.45) is 17.8 Å². The lowest BCUT2D eigenvalue weighted by Crippen LogP contribution is -2.62. The Morgan fingerprint density at radius 1 is 0.972 bits per heavy atom. The third-order valence-electron chi connectivity index (χ3n) is 7.69. The molecule has 7 nitrogen and oxygen atoms in total. The molecule has 0 radical (unpaired) electrons. The van der Waals surface area contributed by atoms with Gasteiger partial charge in [-0.15, -0.1) is 0 Å². The molecule has 2 heterocycles. The van der Waals surface area contributed by atoms with Crippen molar-refractivity contribution in [2.45, 2.75) is 111 Å². The molecule has 2 saturated heterocycles. The quantitative estimate of drug-likeness (QED) is 0.381. The van der Waals surface area contributed by atoms with Crippen LogP contribution in [0.4, 0.5) is 0 Å². The molecule has 1 N–H and O–H groups in total. The number of unbranched alkanes of at least 4 members (excludes halogenated alkanes) is 2. The summed E-state index contributed by atoms with van der Waals surface area (Å²) in [7, 11) is 0. The largest absolute Gasteiger partial charge is 0.343 e. The molecule has 2 fully saturated rings. The fourth-order valence-corrected chi connectivity index (χ4v) is 5.53. The summed E-state index contributed by atoms with van der Waals surface area (Å²) in [4.78, 5) is 45.9. The second-order valence-corrected chi connectivity index (χ2v) is 11.9. The van der Waals surface area contributed by atoms with Crippen LogP contribution in [0.5, 0.6) is 0 Å². The summed E-state index contributed by atoms with van der Waals surface area (Å²) in [6.45, 7) is 17.3. The molecule has 0 spiro atoms. The van der Waals surface area contributed by atoms with Crippen molar-refractivity contribution in [1.29, 1.82) is 0 Å². The van der Waals surface area contributed by atoms with Gasteiger partial charge in [0.2, 0.25) is 17.7 Å². The van der Waals surface area contributed by atoms with E-state index in [1.807, 2.05) is 9.80 Å². The van der Waals surface area contributed by atoms with E-state index in [-0.39, 0.29) is 29.8 Å². The van der Waals surface area contributed by atoms with Gasteiger partial charge < -0.3 is 20.0 Å². The summed E-state index contributed by atoms with van der Waals surface area (Å²) in [5.74, 6) is 1.55. The van der Waals surface area contributed by atoms with E-state index >= 15 is 0 Å². The molecule has 0 bridgehead atoms.